The molecule has 6 heteroatoms. The van der Waals surface area contributed by atoms with Gasteiger partial charge in [-0.05, 0) is 77.0 Å². The highest BCUT2D eigenvalue weighted by Crippen LogP contribution is 2.19. The molecule has 0 aliphatic carbocycles. The van der Waals surface area contributed by atoms with Gasteiger partial charge in [0.25, 0.3) is 0 Å². The van der Waals surface area contributed by atoms with Crippen LogP contribution in [0.3, 0.4) is 0 Å². The summed E-state index contributed by atoms with van der Waals surface area (Å²) >= 11 is 0. The van der Waals surface area contributed by atoms with Gasteiger partial charge in [0, 0.05) is 19.3 Å². The van der Waals surface area contributed by atoms with Crippen LogP contribution < -0.4 is 0 Å². The third kappa shape index (κ3) is 70.3. The standard InChI is InChI=1S/C77H144O6/c1-4-7-10-13-16-19-22-25-28-30-32-34-35-36-37-38-39-40-41-42-43-44-46-47-49-52-55-58-61-64-67-70-76(79)82-73-74(72-81-75(78)69-66-63-60-57-54-51-27-24-21-18-15-12-9-6-3)83-77(80)71-68-65-62-59-56-53-50-48-45-33-31-29-26-23-20-17-14-11-8-5-2/h22,24-25,27,30,32,74H,4-21,23,26,28-29,31,33-73H2,1-3H3/b25-22-,27-24-,32-30-. The Labute approximate surface area is 518 Å². The summed E-state index contributed by atoms with van der Waals surface area (Å²) in [7, 11) is 0. The van der Waals surface area contributed by atoms with E-state index in [2.05, 4.69) is 57.2 Å². The van der Waals surface area contributed by atoms with Gasteiger partial charge in [0.2, 0.25) is 0 Å². The van der Waals surface area contributed by atoms with E-state index in [1.54, 1.807) is 0 Å². The van der Waals surface area contributed by atoms with Gasteiger partial charge < -0.3 is 14.2 Å². The summed E-state index contributed by atoms with van der Waals surface area (Å²) in [5, 5.41) is 0. The molecule has 0 fully saturated rings. The summed E-state index contributed by atoms with van der Waals surface area (Å²) in [6, 6.07) is 0. The predicted molar refractivity (Wildman–Crippen MR) is 362 cm³/mol. The van der Waals surface area contributed by atoms with Crippen molar-refractivity contribution in [1.82, 2.24) is 0 Å². The molecule has 0 bridgehead atoms. The molecule has 1 atom stereocenters. The maximum absolute atomic E-state index is 13.0. The van der Waals surface area contributed by atoms with Gasteiger partial charge in [-0.2, -0.15) is 0 Å². The van der Waals surface area contributed by atoms with E-state index in [0.717, 1.165) is 70.6 Å². The number of hydrogen-bond donors (Lipinski definition) is 0. The van der Waals surface area contributed by atoms with E-state index in [4.69, 9.17) is 14.2 Å². The highest BCUT2D eigenvalue weighted by molar-refractivity contribution is 5.71. The van der Waals surface area contributed by atoms with Gasteiger partial charge in [0.1, 0.15) is 13.2 Å². The molecule has 1 unspecified atom stereocenters. The zero-order chi connectivity index (χ0) is 59.9. The van der Waals surface area contributed by atoms with Gasteiger partial charge in [-0.3, -0.25) is 14.4 Å². The molecular formula is C77H144O6. The van der Waals surface area contributed by atoms with Crippen LogP contribution in [-0.2, 0) is 28.6 Å². The van der Waals surface area contributed by atoms with Crippen molar-refractivity contribution in [3.8, 4) is 0 Å². The molecular weight excluding hydrogens is 1020 g/mol. The van der Waals surface area contributed by atoms with E-state index in [-0.39, 0.29) is 31.1 Å². The first kappa shape index (κ1) is 80.6. The predicted octanol–water partition coefficient (Wildman–Crippen LogP) is 25.9. The fraction of sp³-hybridized carbons (Fsp3) is 0.883. The van der Waals surface area contributed by atoms with Crippen molar-refractivity contribution in [2.45, 2.75) is 425 Å². The molecule has 0 heterocycles. The summed E-state index contributed by atoms with van der Waals surface area (Å²) in [6.45, 7) is 6.70. The van der Waals surface area contributed by atoms with Gasteiger partial charge in [0.15, 0.2) is 6.10 Å². The molecule has 0 aliphatic heterocycles. The molecule has 0 N–H and O–H groups in total. The molecule has 0 aromatic rings. The van der Waals surface area contributed by atoms with Crippen LogP contribution in [0.15, 0.2) is 36.5 Å². The van der Waals surface area contributed by atoms with Gasteiger partial charge in [-0.1, -0.05) is 359 Å². The average molecular weight is 1170 g/mol. The fourth-order valence-electron chi connectivity index (χ4n) is 11.5. The monoisotopic (exact) mass is 1170 g/mol. The summed E-state index contributed by atoms with van der Waals surface area (Å²) < 4.78 is 17.0. The minimum Gasteiger partial charge on any atom is -0.462 e. The van der Waals surface area contributed by atoms with Crippen LogP contribution in [0.4, 0.5) is 0 Å². The van der Waals surface area contributed by atoms with Gasteiger partial charge in [0.05, 0.1) is 0 Å². The molecule has 0 aromatic heterocycles. The van der Waals surface area contributed by atoms with Crippen molar-refractivity contribution in [3.63, 3.8) is 0 Å². The number of carbonyl (C=O) groups is 3. The molecule has 0 radical (unpaired) electrons. The topological polar surface area (TPSA) is 78.9 Å². The molecule has 0 saturated carbocycles. The molecule has 0 aliphatic rings. The lowest BCUT2D eigenvalue weighted by Gasteiger charge is -2.18. The fourth-order valence-corrected chi connectivity index (χ4v) is 11.5. The van der Waals surface area contributed by atoms with E-state index in [9.17, 15) is 14.4 Å². The molecule has 0 spiro atoms. The summed E-state index contributed by atoms with van der Waals surface area (Å²) in [4.78, 5) is 38.5. The van der Waals surface area contributed by atoms with Crippen molar-refractivity contribution in [3.05, 3.63) is 36.5 Å². The zero-order valence-corrected chi connectivity index (χ0v) is 56.2. The van der Waals surface area contributed by atoms with Crippen molar-refractivity contribution >= 4 is 17.9 Å². The Morgan fingerprint density at radius 1 is 0.241 bits per heavy atom. The smallest absolute Gasteiger partial charge is 0.306 e. The van der Waals surface area contributed by atoms with Crippen LogP contribution in [0.5, 0.6) is 0 Å². The Kier molecular flexibility index (Phi) is 70.0. The Bertz CT molecular complexity index is 1380. The van der Waals surface area contributed by atoms with E-state index in [0.29, 0.717) is 19.3 Å². The molecule has 83 heavy (non-hydrogen) atoms. The van der Waals surface area contributed by atoms with Crippen molar-refractivity contribution in [1.29, 1.82) is 0 Å². The van der Waals surface area contributed by atoms with Crippen LogP contribution in [0, 0.1) is 0 Å². The van der Waals surface area contributed by atoms with Gasteiger partial charge in [-0.15, -0.1) is 0 Å². The number of allylic oxidation sites excluding steroid dienone is 6. The largest absolute Gasteiger partial charge is 0.462 e. The highest BCUT2D eigenvalue weighted by atomic mass is 16.6. The van der Waals surface area contributed by atoms with E-state index < -0.39 is 6.10 Å². The number of carbonyl (C=O) groups excluding carboxylic acids is 3. The summed E-state index contributed by atoms with van der Waals surface area (Å²) in [6.07, 6.45) is 90.5. The molecule has 0 amide bonds. The van der Waals surface area contributed by atoms with Crippen LogP contribution in [0.25, 0.3) is 0 Å². The van der Waals surface area contributed by atoms with Crippen LogP contribution in [-0.4, -0.2) is 37.2 Å². The van der Waals surface area contributed by atoms with E-state index in [1.165, 1.54) is 308 Å². The first-order chi connectivity index (χ1) is 41.0. The maximum atomic E-state index is 13.0. The number of esters is 3. The lowest BCUT2D eigenvalue weighted by molar-refractivity contribution is -0.167. The number of unbranched alkanes of at least 4 members (excludes halogenated alkanes) is 53. The van der Waals surface area contributed by atoms with Crippen LogP contribution >= 0.6 is 0 Å². The second-order valence-electron chi connectivity index (χ2n) is 25.6. The van der Waals surface area contributed by atoms with Gasteiger partial charge in [-0.25, -0.2) is 0 Å². The summed E-state index contributed by atoms with van der Waals surface area (Å²) in [5.41, 5.74) is 0. The lowest BCUT2D eigenvalue weighted by atomic mass is 10.0. The number of rotatable bonds is 70. The SMILES string of the molecule is CCCCCCC/C=C\C/C=C\CCCCCCCCCCCCCCCCCCCCCC(=O)OCC(COC(=O)CCCCCCC/C=C\CCCCCCC)OC(=O)CCCCCCCCCCCCCCCCCCCCCC. The summed E-state index contributed by atoms with van der Waals surface area (Å²) in [5.74, 6) is -0.844. The molecule has 0 rings (SSSR count). The lowest BCUT2D eigenvalue weighted by Crippen LogP contribution is -2.30. The van der Waals surface area contributed by atoms with E-state index >= 15 is 0 Å². The van der Waals surface area contributed by atoms with E-state index in [1.807, 2.05) is 0 Å². The maximum Gasteiger partial charge on any atom is 0.306 e. The quantitative estimate of drug-likeness (QED) is 0.0261. The Hall–Kier alpha value is -2.37. The third-order valence-corrected chi connectivity index (χ3v) is 17.1. The molecule has 488 valence electrons. The number of hydrogen-bond acceptors (Lipinski definition) is 6. The molecule has 0 aromatic carbocycles. The minimum absolute atomic E-state index is 0.0682. The Morgan fingerprint density at radius 2 is 0.434 bits per heavy atom. The average Bonchev–Trinajstić information content (AvgIpc) is 3.49. The normalized spacial score (nSPS) is 12.2. The second-order valence-corrected chi connectivity index (χ2v) is 25.6. The van der Waals surface area contributed by atoms with Gasteiger partial charge >= 0.3 is 17.9 Å². The minimum atomic E-state index is -0.773. The molecule has 0 saturated heterocycles. The third-order valence-electron chi connectivity index (χ3n) is 17.1. The zero-order valence-electron chi connectivity index (χ0n) is 56.2. The first-order valence-corrected chi connectivity index (χ1v) is 37.5. The van der Waals surface area contributed by atoms with Crippen molar-refractivity contribution in [2.75, 3.05) is 13.2 Å². The molecule has 6 nitrogen and oxygen atoms in total. The second kappa shape index (κ2) is 72.1. The number of ether oxygens (including phenoxy) is 3. The first-order valence-electron chi connectivity index (χ1n) is 37.5. The highest BCUT2D eigenvalue weighted by Gasteiger charge is 2.20. The van der Waals surface area contributed by atoms with Crippen molar-refractivity contribution in [2.24, 2.45) is 0 Å². The van der Waals surface area contributed by atoms with Crippen LogP contribution in [0.1, 0.15) is 419 Å². The van der Waals surface area contributed by atoms with Crippen molar-refractivity contribution < 1.29 is 28.6 Å². The van der Waals surface area contributed by atoms with Crippen LogP contribution in [0.2, 0.25) is 0 Å². The Balaban J connectivity index is 4.17. The Morgan fingerprint density at radius 3 is 0.675 bits per heavy atom.